The highest BCUT2D eigenvalue weighted by atomic mass is 19.1. The molecule has 1 aromatic heterocycles. The molecule has 3 rings (SSSR count). The molecule has 2 aromatic rings. The smallest absolute Gasteiger partial charge is 0.264 e. The number of rotatable bonds is 4. The second-order valence-corrected chi connectivity index (χ2v) is 5.12. The minimum Gasteiger partial charge on any atom is -0.484 e. The van der Waals surface area contributed by atoms with E-state index in [1.165, 1.54) is 12.1 Å². The number of aromatic nitrogens is 2. The zero-order chi connectivity index (χ0) is 14.0. The van der Waals surface area contributed by atoms with E-state index in [-0.39, 0.29) is 12.4 Å². The molecule has 106 valence electrons. The largest absolute Gasteiger partial charge is 0.484 e. The summed E-state index contributed by atoms with van der Waals surface area (Å²) in [7, 11) is 0. The highest BCUT2D eigenvalue weighted by molar-refractivity contribution is 5.22. The van der Waals surface area contributed by atoms with Crippen LogP contribution >= 0.6 is 0 Å². The Labute approximate surface area is 115 Å². The highest BCUT2D eigenvalue weighted by Crippen LogP contribution is 2.34. The fraction of sp³-hybridized carbons (Fsp3) is 0.429. The summed E-state index contributed by atoms with van der Waals surface area (Å²) in [4.78, 5) is 4.28. The first-order valence-corrected chi connectivity index (χ1v) is 6.66. The van der Waals surface area contributed by atoms with Gasteiger partial charge in [0.05, 0.1) is 5.54 Å². The van der Waals surface area contributed by atoms with Gasteiger partial charge in [0, 0.05) is 6.07 Å². The minimum absolute atomic E-state index is 0.104. The van der Waals surface area contributed by atoms with Gasteiger partial charge in [-0.15, -0.1) is 0 Å². The Kier molecular flexibility index (Phi) is 3.40. The first-order valence-electron chi connectivity index (χ1n) is 6.66. The lowest BCUT2D eigenvalue weighted by molar-refractivity contribution is 0.240. The van der Waals surface area contributed by atoms with Crippen LogP contribution in [0.5, 0.6) is 5.75 Å². The van der Waals surface area contributed by atoms with Gasteiger partial charge < -0.3 is 15.0 Å². The van der Waals surface area contributed by atoms with Crippen LogP contribution in [0.25, 0.3) is 0 Å². The van der Waals surface area contributed by atoms with E-state index >= 15 is 0 Å². The van der Waals surface area contributed by atoms with Gasteiger partial charge in [-0.3, -0.25) is 0 Å². The van der Waals surface area contributed by atoms with E-state index in [4.69, 9.17) is 15.0 Å². The molecule has 0 bridgehead atoms. The highest BCUT2D eigenvalue weighted by Gasteiger charge is 2.35. The van der Waals surface area contributed by atoms with Crippen LogP contribution in [0.15, 0.2) is 28.8 Å². The van der Waals surface area contributed by atoms with Crippen LogP contribution in [0.4, 0.5) is 4.39 Å². The van der Waals surface area contributed by atoms with Crippen molar-refractivity contribution in [3.63, 3.8) is 0 Å². The summed E-state index contributed by atoms with van der Waals surface area (Å²) in [5, 5.41) is 3.93. The lowest BCUT2D eigenvalue weighted by Gasteiger charge is -2.17. The molecule has 1 saturated carbocycles. The zero-order valence-electron chi connectivity index (χ0n) is 11.0. The molecule has 1 aromatic carbocycles. The molecule has 5 nitrogen and oxygen atoms in total. The van der Waals surface area contributed by atoms with Crippen LogP contribution in [0.2, 0.25) is 0 Å². The maximum absolute atomic E-state index is 13.0. The first-order chi connectivity index (χ1) is 9.66. The van der Waals surface area contributed by atoms with Gasteiger partial charge in [0.2, 0.25) is 0 Å². The number of benzene rings is 1. The van der Waals surface area contributed by atoms with Crippen molar-refractivity contribution in [2.24, 2.45) is 5.73 Å². The van der Waals surface area contributed by atoms with Crippen molar-refractivity contribution in [2.75, 3.05) is 0 Å². The lowest BCUT2D eigenvalue weighted by atomic mass is 9.99. The second kappa shape index (κ2) is 5.20. The molecule has 0 atom stereocenters. The molecule has 0 radical (unpaired) electrons. The Bertz CT molecular complexity index is 594. The number of hydrogen-bond acceptors (Lipinski definition) is 5. The maximum atomic E-state index is 13.0. The van der Waals surface area contributed by atoms with Crippen LogP contribution in [-0.2, 0) is 12.1 Å². The molecular formula is C14H16FN3O2. The summed E-state index contributed by atoms with van der Waals surface area (Å²) in [5.41, 5.74) is 5.77. The summed E-state index contributed by atoms with van der Waals surface area (Å²) in [5.74, 6) is 0.961. The topological polar surface area (TPSA) is 74.2 Å². The predicted octanol–water partition coefficient (Wildman–Crippen LogP) is 2.52. The van der Waals surface area contributed by atoms with Gasteiger partial charge in [-0.05, 0) is 25.0 Å². The van der Waals surface area contributed by atoms with Gasteiger partial charge in [-0.2, -0.15) is 4.98 Å². The van der Waals surface area contributed by atoms with Crippen molar-refractivity contribution >= 4 is 0 Å². The van der Waals surface area contributed by atoms with Crippen LogP contribution in [0.3, 0.4) is 0 Å². The number of nitrogens with two attached hydrogens (primary N) is 1. The average molecular weight is 277 g/mol. The molecular weight excluding hydrogens is 261 g/mol. The average Bonchev–Trinajstić information content (AvgIpc) is 3.06. The van der Waals surface area contributed by atoms with Crippen molar-refractivity contribution in [3.05, 3.63) is 41.8 Å². The fourth-order valence-electron chi connectivity index (χ4n) is 2.45. The van der Waals surface area contributed by atoms with Gasteiger partial charge in [0.1, 0.15) is 11.6 Å². The molecule has 20 heavy (non-hydrogen) atoms. The van der Waals surface area contributed by atoms with Crippen LogP contribution in [0.1, 0.15) is 37.4 Å². The third-order valence-corrected chi connectivity index (χ3v) is 3.57. The number of nitrogens with zero attached hydrogens (tertiary/aromatic N) is 2. The monoisotopic (exact) mass is 277 g/mol. The molecule has 0 saturated heterocycles. The first kappa shape index (κ1) is 13.1. The van der Waals surface area contributed by atoms with E-state index in [1.807, 2.05) is 0 Å². The Hall–Kier alpha value is -1.95. The Balaban J connectivity index is 1.65. The van der Waals surface area contributed by atoms with Crippen molar-refractivity contribution in [1.29, 1.82) is 0 Å². The summed E-state index contributed by atoms with van der Waals surface area (Å²) < 4.78 is 23.5. The predicted molar refractivity (Wildman–Crippen MR) is 69.4 cm³/mol. The van der Waals surface area contributed by atoms with Crippen molar-refractivity contribution in [3.8, 4) is 5.75 Å². The minimum atomic E-state index is -0.472. The fourth-order valence-corrected chi connectivity index (χ4v) is 2.45. The van der Waals surface area contributed by atoms with Crippen LogP contribution < -0.4 is 10.5 Å². The zero-order valence-corrected chi connectivity index (χ0v) is 11.0. The Morgan fingerprint density at radius 2 is 2.15 bits per heavy atom. The number of halogens is 1. The normalized spacial score (nSPS) is 17.3. The van der Waals surface area contributed by atoms with Crippen LogP contribution in [-0.4, -0.2) is 10.1 Å². The van der Waals surface area contributed by atoms with Crippen molar-refractivity contribution in [1.82, 2.24) is 10.1 Å². The maximum Gasteiger partial charge on any atom is 0.264 e. The van der Waals surface area contributed by atoms with E-state index in [0.717, 1.165) is 25.7 Å². The molecule has 1 fully saturated rings. The third-order valence-electron chi connectivity index (χ3n) is 3.57. The van der Waals surface area contributed by atoms with E-state index in [9.17, 15) is 4.39 Å². The quantitative estimate of drug-likeness (QED) is 0.929. The number of hydrogen-bond donors (Lipinski definition) is 1. The molecule has 1 heterocycles. The number of ether oxygens (including phenoxy) is 1. The van der Waals surface area contributed by atoms with Gasteiger partial charge in [0.25, 0.3) is 5.89 Å². The molecule has 2 N–H and O–H groups in total. The van der Waals surface area contributed by atoms with E-state index < -0.39 is 5.54 Å². The van der Waals surface area contributed by atoms with Gasteiger partial charge in [0.15, 0.2) is 12.4 Å². The van der Waals surface area contributed by atoms with Crippen molar-refractivity contribution < 1.29 is 13.7 Å². The lowest BCUT2D eigenvalue weighted by Crippen LogP contribution is -2.34. The molecule has 1 aliphatic carbocycles. The third kappa shape index (κ3) is 2.65. The van der Waals surface area contributed by atoms with Gasteiger partial charge >= 0.3 is 0 Å². The summed E-state index contributed by atoms with van der Waals surface area (Å²) >= 11 is 0. The molecule has 1 aliphatic rings. The summed E-state index contributed by atoms with van der Waals surface area (Å²) in [6.07, 6.45) is 3.91. The van der Waals surface area contributed by atoms with Crippen molar-refractivity contribution in [2.45, 2.75) is 37.8 Å². The SMILES string of the molecule is NC1(c2noc(COc3cccc(F)c3)n2)CCCC1. The van der Waals surface area contributed by atoms with E-state index in [2.05, 4.69) is 10.1 Å². The van der Waals surface area contributed by atoms with Crippen LogP contribution in [0, 0.1) is 5.82 Å². The molecule has 0 unspecified atom stereocenters. The summed E-state index contributed by atoms with van der Waals surface area (Å²) in [6.45, 7) is 0.104. The second-order valence-electron chi connectivity index (χ2n) is 5.12. The molecule has 0 spiro atoms. The standard InChI is InChI=1S/C14H16FN3O2/c15-10-4-3-5-11(8-10)19-9-12-17-13(18-20-12)14(16)6-1-2-7-14/h3-5,8H,1-2,6-7,9,16H2. The van der Waals surface area contributed by atoms with Gasteiger partial charge in [-0.25, -0.2) is 4.39 Å². The summed E-state index contributed by atoms with van der Waals surface area (Å²) in [6, 6.07) is 5.91. The van der Waals surface area contributed by atoms with E-state index in [1.54, 1.807) is 12.1 Å². The Morgan fingerprint density at radius 1 is 1.35 bits per heavy atom. The Morgan fingerprint density at radius 3 is 2.90 bits per heavy atom. The molecule has 6 heteroatoms. The molecule has 0 aliphatic heterocycles. The van der Waals surface area contributed by atoms with E-state index in [0.29, 0.717) is 17.5 Å². The van der Waals surface area contributed by atoms with Gasteiger partial charge in [-0.1, -0.05) is 24.1 Å². The molecule has 0 amide bonds.